The molecule has 2 heterocycles. The number of piperidine rings is 1. The van der Waals surface area contributed by atoms with E-state index in [0.29, 0.717) is 18.0 Å². The van der Waals surface area contributed by atoms with Crippen LogP contribution in [0.4, 0.5) is 10.7 Å². The van der Waals surface area contributed by atoms with Gasteiger partial charge in [0.1, 0.15) is 5.00 Å². The maximum absolute atomic E-state index is 13.2. The van der Waals surface area contributed by atoms with E-state index in [0.717, 1.165) is 54.2 Å². The van der Waals surface area contributed by atoms with Crippen LogP contribution in [0.2, 0.25) is 0 Å². The van der Waals surface area contributed by atoms with Gasteiger partial charge in [0.25, 0.3) is 11.8 Å². The van der Waals surface area contributed by atoms with Gasteiger partial charge in [-0.15, -0.1) is 11.3 Å². The van der Waals surface area contributed by atoms with E-state index in [1.165, 1.54) is 28.2 Å². The van der Waals surface area contributed by atoms with E-state index in [9.17, 15) is 9.59 Å². The van der Waals surface area contributed by atoms with E-state index in [-0.39, 0.29) is 11.8 Å². The second-order valence-corrected chi connectivity index (χ2v) is 10.1. The van der Waals surface area contributed by atoms with E-state index in [1.54, 1.807) is 11.3 Å². The number of quaternary nitrogens is 1. The lowest BCUT2D eigenvalue weighted by molar-refractivity contribution is -0.900. The number of rotatable bonds is 5. The van der Waals surface area contributed by atoms with E-state index in [4.69, 9.17) is 0 Å². The van der Waals surface area contributed by atoms with Crippen LogP contribution in [0, 0.1) is 19.8 Å². The van der Waals surface area contributed by atoms with Crippen LogP contribution < -0.4 is 15.5 Å². The molecular formula is C24H32N3O2S+. The molecule has 1 unspecified atom stereocenters. The highest BCUT2D eigenvalue weighted by atomic mass is 32.1. The molecule has 0 spiro atoms. The average Bonchev–Trinajstić information content (AvgIpc) is 3.24. The molecule has 2 amide bonds. The van der Waals surface area contributed by atoms with Crippen molar-refractivity contribution in [2.24, 2.45) is 5.92 Å². The Kier molecular flexibility index (Phi) is 6.25. The summed E-state index contributed by atoms with van der Waals surface area (Å²) in [6.07, 6.45) is 5.42. The van der Waals surface area contributed by atoms with Crippen LogP contribution in [0.5, 0.6) is 0 Å². The Balaban J connectivity index is 1.51. The number of anilines is 2. The number of benzene rings is 1. The first kappa shape index (κ1) is 21.1. The minimum atomic E-state index is -0.115. The molecule has 0 radical (unpaired) electrons. The van der Waals surface area contributed by atoms with Crippen molar-refractivity contribution < 1.29 is 14.5 Å². The van der Waals surface area contributed by atoms with Gasteiger partial charge < -0.3 is 15.5 Å². The Labute approximate surface area is 182 Å². The van der Waals surface area contributed by atoms with Gasteiger partial charge in [0, 0.05) is 16.5 Å². The molecule has 1 aliphatic carbocycles. The van der Waals surface area contributed by atoms with Gasteiger partial charge in [0.2, 0.25) is 0 Å². The fraction of sp³-hybridized carbons (Fsp3) is 0.500. The van der Waals surface area contributed by atoms with Gasteiger partial charge in [-0.2, -0.15) is 0 Å². The predicted octanol–water partition coefficient (Wildman–Crippen LogP) is 3.36. The fourth-order valence-electron chi connectivity index (χ4n) is 4.83. The zero-order valence-corrected chi connectivity index (χ0v) is 19.0. The molecule has 0 saturated carbocycles. The zero-order valence-electron chi connectivity index (χ0n) is 18.2. The first-order valence-electron chi connectivity index (χ1n) is 11.1. The highest BCUT2D eigenvalue weighted by Crippen LogP contribution is 2.39. The van der Waals surface area contributed by atoms with Gasteiger partial charge in [0.15, 0.2) is 6.54 Å². The van der Waals surface area contributed by atoms with Crippen LogP contribution >= 0.6 is 11.3 Å². The number of aryl methyl sites for hydroxylation is 3. The summed E-state index contributed by atoms with van der Waals surface area (Å²) in [5.74, 6) is 0.571. The Morgan fingerprint density at radius 1 is 1.17 bits per heavy atom. The third-order valence-corrected chi connectivity index (χ3v) is 7.51. The summed E-state index contributed by atoms with van der Waals surface area (Å²) in [6, 6.07) is 6.03. The van der Waals surface area contributed by atoms with Gasteiger partial charge in [0.05, 0.1) is 18.7 Å². The Morgan fingerprint density at radius 3 is 2.77 bits per heavy atom. The molecule has 6 heteroatoms. The van der Waals surface area contributed by atoms with Gasteiger partial charge in [-0.1, -0.05) is 24.6 Å². The lowest BCUT2D eigenvalue weighted by Gasteiger charge is -2.27. The molecule has 30 heavy (non-hydrogen) atoms. The van der Waals surface area contributed by atoms with E-state index < -0.39 is 0 Å². The molecule has 4 rings (SSSR count). The summed E-state index contributed by atoms with van der Waals surface area (Å²) in [7, 11) is 0. The number of nitrogens with one attached hydrogen (secondary N) is 3. The summed E-state index contributed by atoms with van der Waals surface area (Å²) in [5.41, 5.74) is 4.83. The van der Waals surface area contributed by atoms with Crippen LogP contribution in [0.3, 0.4) is 0 Å². The first-order chi connectivity index (χ1) is 14.4. The van der Waals surface area contributed by atoms with Crippen LogP contribution in [-0.4, -0.2) is 31.4 Å². The van der Waals surface area contributed by atoms with E-state index >= 15 is 0 Å². The second kappa shape index (κ2) is 8.90. The molecule has 5 nitrogen and oxygen atoms in total. The first-order valence-corrected chi connectivity index (χ1v) is 11.9. The molecule has 160 valence electrons. The van der Waals surface area contributed by atoms with Crippen LogP contribution in [0.1, 0.15) is 58.1 Å². The summed E-state index contributed by atoms with van der Waals surface area (Å²) < 4.78 is 0. The Morgan fingerprint density at radius 2 is 2.00 bits per heavy atom. The van der Waals surface area contributed by atoms with Crippen molar-refractivity contribution in [3.63, 3.8) is 0 Å². The monoisotopic (exact) mass is 426 g/mol. The van der Waals surface area contributed by atoms with Crippen molar-refractivity contribution in [3.05, 3.63) is 45.3 Å². The van der Waals surface area contributed by atoms with Crippen molar-refractivity contribution >= 4 is 33.8 Å². The van der Waals surface area contributed by atoms with Crippen molar-refractivity contribution in [2.75, 3.05) is 30.3 Å². The molecule has 3 N–H and O–H groups in total. The Bertz CT molecular complexity index is 966. The molecule has 1 saturated heterocycles. The molecule has 2 aliphatic rings. The number of likely N-dealkylation sites (tertiary alicyclic amines) is 1. The lowest BCUT2D eigenvalue weighted by Crippen LogP contribution is -3.14. The normalized spacial score (nSPS) is 20.6. The van der Waals surface area contributed by atoms with E-state index in [1.807, 2.05) is 26.0 Å². The molecule has 2 atom stereocenters. The van der Waals surface area contributed by atoms with Gasteiger partial charge >= 0.3 is 0 Å². The fourth-order valence-corrected chi connectivity index (χ4v) is 6.13. The van der Waals surface area contributed by atoms with Gasteiger partial charge in [-0.3, -0.25) is 9.59 Å². The standard InChI is InChI=1S/C24H31N3O2S/c1-15-9-10-19(17(3)12-15)25-23(29)22-18-7-4-8-20(18)30-24(22)26-21(28)14-27-11-5-6-16(2)13-27/h9-10,12,16H,4-8,11,13-14H2,1-3H3,(H,25,29)(H,26,28)/p+1/t16-/m1/s1. The number of thiophene rings is 1. The molecule has 2 aromatic rings. The van der Waals surface area contributed by atoms with Gasteiger partial charge in [-0.25, -0.2) is 0 Å². The molecule has 1 aromatic carbocycles. The summed E-state index contributed by atoms with van der Waals surface area (Å²) in [6.45, 7) is 8.89. The lowest BCUT2D eigenvalue weighted by atomic mass is 10.0. The number of hydrogen-bond donors (Lipinski definition) is 3. The van der Waals surface area contributed by atoms with Crippen LogP contribution in [0.25, 0.3) is 0 Å². The third kappa shape index (κ3) is 4.60. The number of fused-ring (bicyclic) bond motifs is 1. The maximum atomic E-state index is 13.2. The summed E-state index contributed by atoms with van der Waals surface area (Å²) >= 11 is 1.58. The quantitative estimate of drug-likeness (QED) is 0.687. The van der Waals surface area contributed by atoms with Crippen molar-refractivity contribution in [1.29, 1.82) is 0 Å². The molecule has 0 bridgehead atoms. The Hall–Kier alpha value is -2.18. The molecule has 1 aliphatic heterocycles. The number of amides is 2. The maximum Gasteiger partial charge on any atom is 0.280 e. The van der Waals surface area contributed by atoms with Crippen LogP contribution in [-0.2, 0) is 17.6 Å². The van der Waals surface area contributed by atoms with Crippen LogP contribution in [0.15, 0.2) is 18.2 Å². The van der Waals surface area contributed by atoms with Gasteiger partial charge in [-0.05, 0) is 63.1 Å². The summed E-state index contributed by atoms with van der Waals surface area (Å²) in [5, 5.41) is 6.89. The minimum absolute atomic E-state index is 0.0135. The highest BCUT2D eigenvalue weighted by molar-refractivity contribution is 7.17. The number of carbonyl (C=O) groups excluding carboxylic acids is 2. The smallest absolute Gasteiger partial charge is 0.280 e. The van der Waals surface area contributed by atoms with Crippen molar-refractivity contribution in [3.8, 4) is 0 Å². The number of carbonyl (C=O) groups is 2. The SMILES string of the molecule is Cc1ccc(NC(=O)c2c(NC(=O)C[NH+]3CCC[C@@H](C)C3)sc3c2CCC3)c(C)c1. The number of hydrogen-bond acceptors (Lipinski definition) is 3. The third-order valence-electron chi connectivity index (χ3n) is 6.31. The molecular weight excluding hydrogens is 394 g/mol. The largest absolute Gasteiger partial charge is 0.327 e. The average molecular weight is 427 g/mol. The summed E-state index contributed by atoms with van der Waals surface area (Å²) in [4.78, 5) is 28.6. The molecule has 1 aromatic heterocycles. The predicted molar refractivity (Wildman–Crippen MR) is 123 cm³/mol. The zero-order chi connectivity index (χ0) is 21.3. The second-order valence-electron chi connectivity index (χ2n) is 9.01. The van der Waals surface area contributed by atoms with E-state index in [2.05, 4.69) is 23.6 Å². The highest BCUT2D eigenvalue weighted by Gasteiger charge is 2.29. The van der Waals surface area contributed by atoms with Crippen molar-refractivity contribution in [1.82, 2.24) is 0 Å². The topological polar surface area (TPSA) is 62.6 Å². The minimum Gasteiger partial charge on any atom is -0.327 e. The molecule has 1 fully saturated rings. The van der Waals surface area contributed by atoms with Crippen molar-refractivity contribution in [2.45, 2.75) is 52.9 Å².